The van der Waals surface area contributed by atoms with Crippen LogP contribution in [0.15, 0.2) is 77.9 Å². The number of ether oxygens (including phenoxy) is 1. The van der Waals surface area contributed by atoms with Gasteiger partial charge < -0.3 is 31.1 Å². The number of carbonyl (C=O) groups excluding carboxylic acids is 4. The van der Waals surface area contributed by atoms with Crippen LogP contribution < -0.4 is 11.1 Å². The maximum Gasteiger partial charge on any atom is 0.235 e. The van der Waals surface area contributed by atoms with Crippen LogP contribution >= 0.6 is 0 Å². The minimum absolute atomic E-state index is 0.0269. The molecular formula is C38H46N2O8. The van der Waals surface area contributed by atoms with Gasteiger partial charge in [-0.1, -0.05) is 69.0 Å². The maximum absolute atomic E-state index is 14.9. The van der Waals surface area contributed by atoms with Gasteiger partial charge in [-0.15, -0.1) is 0 Å². The number of amides is 2. The maximum atomic E-state index is 14.9. The number of nitrogens with two attached hydrogens (primary N) is 1. The van der Waals surface area contributed by atoms with E-state index < -0.39 is 82.6 Å². The van der Waals surface area contributed by atoms with Crippen LogP contribution in [-0.2, 0) is 30.3 Å². The molecule has 2 amide bonds. The number of hydrogen-bond acceptors (Lipinski definition) is 8. The van der Waals surface area contributed by atoms with Gasteiger partial charge in [0.2, 0.25) is 11.8 Å². The zero-order valence-electron chi connectivity index (χ0n) is 27.7. The highest BCUT2D eigenvalue weighted by Gasteiger charge is 2.74. The van der Waals surface area contributed by atoms with Crippen molar-refractivity contribution in [3.63, 3.8) is 0 Å². The second kappa shape index (κ2) is 12.6. The van der Waals surface area contributed by atoms with Crippen LogP contribution in [0.5, 0.6) is 0 Å². The summed E-state index contributed by atoms with van der Waals surface area (Å²) in [5.74, 6) is -5.27. The molecule has 12 unspecified atom stereocenters. The quantitative estimate of drug-likeness (QED) is 0.241. The van der Waals surface area contributed by atoms with Crippen molar-refractivity contribution in [2.24, 2.45) is 46.2 Å². The number of fused-ring (bicyclic) bond motifs is 2. The lowest BCUT2D eigenvalue weighted by Gasteiger charge is -2.53. The van der Waals surface area contributed by atoms with Crippen molar-refractivity contribution in [2.75, 3.05) is 7.11 Å². The van der Waals surface area contributed by atoms with E-state index in [-0.39, 0.29) is 29.3 Å². The van der Waals surface area contributed by atoms with Crippen LogP contribution in [0.3, 0.4) is 0 Å². The summed E-state index contributed by atoms with van der Waals surface area (Å²) in [5, 5.41) is 36.8. The summed E-state index contributed by atoms with van der Waals surface area (Å²) in [4.78, 5) is 56.5. The SMILES string of the molecule is C=C1C(C)C2C(Cc3ccccc3)NC(=O)C23C(=O)C=CC2=C(C(=O)CCCC(C)CC=CC3C1O)C(OC)C1C(O)C(O)C21C(N)=O. The number of nitrogens with one attached hydrogen (secondary N) is 1. The van der Waals surface area contributed by atoms with E-state index in [0.717, 1.165) is 5.56 Å². The molecule has 48 heavy (non-hydrogen) atoms. The van der Waals surface area contributed by atoms with Crippen molar-refractivity contribution in [1.82, 2.24) is 5.32 Å². The number of rotatable bonds is 4. The van der Waals surface area contributed by atoms with E-state index in [1.165, 1.54) is 19.3 Å². The van der Waals surface area contributed by atoms with Gasteiger partial charge in [0.1, 0.15) is 10.8 Å². The molecule has 10 heteroatoms. The van der Waals surface area contributed by atoms with Gasteiger partial charge in [-0.3, -0.25) is 19.2 Å². The largest absolute Gasteiger partial charge is 0.390 e. The number of allylic oxidation sites excluding steroid dienone is 3. The minimum Gasteiger partial charge on any atom is -0.390 e. The third kappa shape index (κ3) is 4.75. The summed E-state index contributed by atoms with van der Waals surface area (Å²) in [6.45, 7) is 8.15. The molecule has 10 nitrogen and oxygen atoms in total. The van der Waals surface area contributed by atoms with E-state index in [1.807, 2.05) is 50.3 Å². The first-order valence-corrected chi connectivity index (χ1v) is 16.9. The van der Waals surface area contributed by atoms with Gasteiger partial charge in [0.15, 0.2) is 11.6 Å². The predicted octanol–water partition coefficient (Wildman–Crippen LogP) is 2.12. The van der Waals surface area contributed by atoms with Crippen LogP contribution in [0.25, 0.3) is 0 Å². The first-order chi connectivity index (χ1) is 22.8. The summed E-state index contributed by atoms with van der Waals surface area (Å²) >= 11 is 0. The normalized spacial score (nSPS) is 41.4. The Morgan fingerprint density at radius 1 is 1.08 bits per heavy atom. The standard InChI is InChI=1S/C38H46N2O8/c1-19-10-8-14-24-31(43)21(3)20(2)29-25(18-22-12-6-5-7-13-22)40-36(47)37(24,29)27(42)17-16-23-28(26(41)15-9-11-19)33(48-4)30-32(44)34(45)38(23,30)35(39)46/h5-8,12-14,16-17,19-20,24-25,29-34,43-45H,3,9-11,15,18H2,1-2,4H3,(H2,39,46)(H,40,47). The van der Waals surface area contributed by atoms with Gasteiger partial charge >= 0.3 is 0 Å². The highest BCUT2D eigenvalue weighted by atomic mass is 16.5. The van der Waals surface area contributed by atoms with Gasteiger partial charge in [-0.2, -0.15) is 0 Å². The van der Waals surface area contributed by atoms with Crippen LogP contribution in [0.2, 0.25) is 0 Å². The summed E-state index contributed by atoms with van der Waals surface area (Å²) < 4.78 is 5.70. The molecule has 4 aliphatic carbocycles. The number of aliphatic hydroxyl groups is 3. The predicted molar refractivity (Wildman–Crippen MR) is 177 cm³/mol. The van der Waals surface area contributed by atoms with Crippen molar-refractivity contribution in [1.29, 1.82) is 0 Å². The van der Waals surface area contributed by atoms with Gasteiger partial charge in [0.25, 0.3) is 0 Å². The highest BCUT2D eigenvalue weighted by Crippen LogP contribution is 2.62. The zero-order valence-corrected chi connectivity index (χ0v) is 27.7. The Morgan fingerprint density at radius 2 is 1.79 bits per heavy atom. The number of carbonyl (C=O) groups is 4. The Labute approximate surface area is 280 Å². The summed E-state index contributed by atoms with van der Waals surface area (Å²) in [6.07, 6.45) is 3.31. The number of hydrogen-bond donors (Lipinski definition) is 5. The van der Waals surface area contributed by atoms with Crippen molar-refractivity contribution < 1.29 is 39.2 Å². The molecule has 1 aliphatic heterocycles. The molecule has 1 heterocycles. The van der Waals surface area contributed by atoms with Gasteiger partial charge in [-0.05, 0) is 60.3 Å². The van der Waals surface area contributed by atoms with Crippen LogP contribution in [0.1, 0.15) is 45.1 Å². The average molecular weight is 659 g/mol. The summed E-state index contributed by atoms with van der Waals surface area (Å²) in [7, 11) is 1.36. The lowest BCUT2D eigenvalue weighted by molar-refractivity contribution is -0.213. The Hall–Kier alpha value is -3.70. The Bertz CT molecular complexity index is 1610. The second-order valence-electron chi connectivity index (χ2n) is 14.5. The number of benzene rings is 1. The molecule has 6 N–H and O–H groups in total. The molecule has 256 valence electrons. The van der Waals surface area contributed by atoms with E-state index >= 15 is 0 Å². The smallest absolute Gasteiger partial charge is 0.235 e. The van der Waals surface area contributed by atoms with Gasteiger partial charge in [0.05, 0.1) is 24.4 Å². The van der Waals surface area contributed by atoms with Crippen molar-refractivity contribution >= 4 is 23.4 Å². The first-order valence-electron chi connectivity index (χ1n) is 16.9. The Balaban J connectivity index is 1.55. The van der Waals surface area contributed by atoms with E-state index in [0.29, 0.717) is 31.3 Å². The van der Waals surface area contributed by atoms with Crippen molar-refractivity contribution in [3.8, 4) is 0 Å². The second-order valence-corrected chi connectivity index (χ2v) is 14.5. The molecule has 1 saturated heterocycles. The first kappa shape index (κ1) is 34.2. The third-order valence-electron chi connectivity index (χ3n) is 12.1. The lowest BCUT2D eigenvalue weighted by atomic mass is 9.51. The highest BCUT2D eigenvalue weighted by molar-refractivity contribution is 6.14. The van der Waals surface area contributed by atoms with E-state index in [1.54, 1.807) is 6.08 Å². The number of Topliss-reactive ketones (excluding diaryl/α,β-unsaturated/α-hetero) is 1. The molecule has 0 radical (unpaired) electrons. The molecule has 1 spiro atoms. The molecule has 3 fully saturated rings. The monoisotopic (exact) mass is 658 g/mol. The fourth-order valence-electron chi connectivity index (χ4n) is 9.67. The zero-order chi connectivity index (χ0) is 34.7. The van der Waals surface area contributed by atoms with E-state index in [4.69, 9.17) is 10.5 Å². The van der Waals surface area contributed by atoms with Gasteiger partial charge in [-0.25, -0.2) is 0 Å². The molecule has 5 aliphatic rings. The van der Waals surface area contributed by atoms with Crippen LogP contribution in [0, 0.1) is 40.4 Å². The fraction of sp³-hybridized carbons (Fsp3) is 0.526. The van der Waals surface area contributed by atoms with Crippen molar-refractivity contribution in [2.45, 2.75) is 76.4 Å². The summed E-state index contributed by atoms with van der Waals surface area (Å²) in [5.41, 5.74) is 3.95. The molecule has 1 aromatic rings. The number of aliphatic hydroxyl groups excluding tert-OH is 3. The van der Waals surface area contributed by atoms with Crippen LogP contribution in [-0.4, -0.2) is 76.3 Å². The third-order valence-corrected chi connectivity index (χ3v) is 12.1. The Morgan fingerprint density at radius 3 is 2.46 bits per heavy atom. The molecule has 2 saturated carbocycles. The molecule has 1 aromatic carbocycles. The molecular weight excluding hydrogens is 612 g/mol. The molecule has 0 bridgehead atoms. The minimum atomic E-state index is -1.87. The molecule has 6 rings (SSSR count). The summed E-state index contributed by atoms with van der Waals surface area (Å²) in [6, 6.07) is 9.19. The Kier molecular flexibility index (Phi) is 9.00. The van der Waals surface area contributed by atoms with E-state index in [9.17, 15) is 34.5 Å². The fourth-order valence-corrected chi connectivity index (χ4v) is 9.67. The lowest BCUT2D eigenvalue weighted by Crippen LogP contribution is -2.70. The topological polar surface area (TPSA) is 176 Å². The number of ketones is 2. The van der Waals surface area contributed by atoms with Gasteiger partial charge in [0, 0.05) is 42.9 Å². The molecule has 12 atom stereocenters. The van der Waals surface area contributed by atoms with Crippen molar-refractivity contribution in [3.05, 3.63) is 83.5 Å². The van der Waals surface area contributed by atoms with E-state index in [2.05, 4.69) is 11.9 Å². The average Bonchev–Trinajstić information content (AvgIpc) is 3.51. The molecule has 0 aromatic heterocycles. The number of primary amides is 1. The van der Waals surface area contributed by atoms with Crippen LogP contribution in [0.4, 0.5) is 0 Å². The number of methoxy groups -OCH3 is 1.